The van der Waals surface area contributed by atoms with E-state index in [1.54, 1.807) is 0 Å². The van der Waals surface area contributed by atoms with Crippen molar-refractivity contribution in [3.63, 3.8) is 0 Å². The lowest BCUT2D eigenvalue weighted by Crippen LogP contribution is -2.38. The van der Waals surface area contributed by atoms with E-state index in [0.29, 0.717) is 12.8 Å². The number of carbonyl (C=O) groups excluding carboxylic acids is 1. The molecule has 1 amide bonds. The van der Waals surface area contributed by atoms with E-state index >= 15 is 0 Å². The summed E-state index contributed by atoms with van der Waals surface area (Å²) in [6.45, 7) is 4.00. The van der Waals surface area contributed by atoms with Crippen molar-refractivity contribution in [3.05, 3.63) is 35.4 Å². The molecule has 4 heteroatoms. The maximum atomic E-state index is 12.0. The lowest BCUT2D eigenvalue weighted by Gasteiger charge is -2.20. The molecule has 1 aliphatic rings. The maximum Gasteiger partial charge on any atom is 0.222 e. The van der Waals surface area contributed by atoms with Crippen LogP contribution in [0, 0.1) is 5.92 Å². The molecule has 1 aromatic rings. The van der Waals surface area contributed by atoms with Gasteiger partial charge in [-0.3, -0.25) is 4.79 Å². The fourth-order valence-corrected chi connectivity index (χ4v) is 2.43. The number of carbonyl (C=O) groups is 1. The molecule has 0 aromatic heterocycles. The predicted molar refractivity (Wildman–Crippen MR) is 74.5 cm³/mol. The molecule has 104 valence electrons. The molecular formula is C15H22N2O2. The van der Waals surface area contributed by atoms with Crippen LogP contribution in [0.4, 0.5) is 0 Å². The van der Waals surface area contributed by atoms with E-state index in [0.717, 1.165) is 11.1 Å². The minimum Gasteiger partial charge on any atom is -0.390 e. The van der Waals surface area contributed by atoms with Crippen LogP contribution in [-0.2, 0) is 11.2 Å². The van der Waals surface area contributed by atoms with E-state index in [2.05, 4.69) is 5.32 Å². The third-order valence-electron chi connectivity index (χ3n) is 3.80. The number of aliphatic hydroxyl groups excluding tert-OH is 1. The first-order chi connectivity index (χ1) is 8.99. The van der Waals surface area contributed by atoms with Crippen molar-refractivity contribution in [2.45, 2.75) is 44.9 Å². The highest BCUT2D eigenvalue weighted by Crippen LogP contribution is 2.31. The van der Waals surface area contributed by atoms with Crippen molar-refractivity contribution < 1.29 is 9.90 Å². The fourth-order valence-electron chi connectivity index (χ4n) is 2.43. The van der Waals surface area contributed by atoms with Gasteiger partial charge in [0.15, 0.2) is 0 Å². The zero-order valence-electron chi connectivity index (χ0n) is 11.5. The van der Waals surface area contributed by atoms with Crippen LogP contribution in [0.1, 0.15) is 37.4 Å². The summed E-state index contributed by atoms with van der Waals surface area (Å²) in [6, 6.07) is 7.38. The van der Waals surface area contributed by atoms with Gasteiger partial charge >= 0.3 is 0 Å². The molecule has 0 saturated heterocycles. The Hall–Kier alpha value is -1.39. The van der Waals surface area contributed by atoms with Gasteiger partial charge in [-0.15, -0.1) is 0 Å². The summed E-state index contributed by atoms with van der Waals surface area (Å²) in [6.07, 6.45) is 0.345. The number of hydrogen-bond donors (Lipinski definition) is 3. The second kappa shape index (κ2) is 5.72. The minimum absolute atomic E-state index is 0.0954. The lowest BCUT2D eigenvalue weighted by molar-refractivity contribution is -0.123. The highest BCUT2D eigenvalue weighted by atomic mass is 16.3. The smallest absolute Gasteiger partial charge is 0.222 e. The normalized spacial score (nSPS) is 23.2. The van der Waals surface area contributed by atoms with Crippen LogP contribution in [0.25, 0.3) is 0 Å². The number of hydrogen-bond acceptors (Lipinski definition) is 3. The van der Waals surface area contributed by atoms with Crippen LogP contribution >= 0.6 is 0 Å². The highest BCUT2D eigenvalue weighted by Gasteiger charge is 2.32. The second-order valence-electron chi connectivity index (χ2n) is 5.63. The standard InChI is InChI=1S/C15H22N2O2/c1-9(2)12(16)8-14(19)17-15-11-6-4-3-5-10(11)7-13(15)18/h3-6,9,12-13,15,18H,7-8,16H2,1-2H3,(H,17,19)/t12?,13-,15+/m0/s1. The van der Waals surface area contributed by atoms with Crippen molar-refractivity contribution >= 4 is 5.91 Å². The molecule has 19 heavy (non-hydrogen) atoms. The zero-order valence-corrected chi connectivity index (χ0v) is 11.5. The number of benzene rings is 1. The van der Waals surface area contributed by atoms with Gasteiger partial charge in [0.05, 0.1) is 12.1 Å². The molecule has 4 N–H and O–H groups in total. The molecule has 1 unspecified atom stereocenters. The summed E-state index contributed by atoms with van der Waals surface area (Å²) in [5, 5.41) is 13.0. The van der Waals surface area contributed by atoms with Gasteiger partial charge in [0.1, 0.15) is 0 Å². The number of aliphatic hydroxyl groups is 1. The Morgan fingerprint density at radius 3 is 2.84 bits per heavy atom. The molecule has 2 rings (SSSR count). The van der Waals surface area contributed by atoms with E-state index in [9.17, 15) is 9.90 Å². The summed E-state index contributed by atoms with van der Waals surface area (Å²) in [5.74, 6) is 0.175. The highest BCUT2D eigenvalue weighted by molar-refractivity contribution is 5.77. The fraction of sp³-hybridized carbons (Fsp3) is 0.533. The van der Waals surface area contributed by atoms with Gasteiger partial charge in [-0.1, -0.05) is 38.1 Å². The van der Waals surface area contributed by atoms with E-state index < -0.39 is 6.10 Å². The van der Waals surface area contributed by atoms with Gasteiger partial charge in [-0.05, 0) is 17.0 Å². The summed E-state index contributed by atoms with van der Waals surface area (Å²) < 4.78 is 0. The molecule has 0 saturated carbocycles. The monoisotopic (exact) mass is 262 g/mol. The predicted octanol–water partition coefficient (Wildman–Crippen LogP) is 1.13. The Morgan fingerprint density at radius 1 is 1.47 bits per heavy atom. The van der Waals surface area contributed by atoms with Crippen molar-refractivity contribution in [2.75, 3.05) is 0 Å². The Labute approximate surface area is 114 Å². The van der Waals surface area contributed by atoms with Gasteiger partial charge in [-0.25, -0.2) is 0 Å². The number of amides is 1. The molecule has 3 atom stereocenters. The average molecular weight is 262 g/mol. The third kappa shape index (κ3) is 3.14. The van der Waals surface area contributed by atoms with Crippen LogP contribution in [0.2, 0.25) is 0 Å². The number of fused-ring (bicyclic) bond motifs is 1. The van der Waals surface area contributed by atoms with Gasteiger partial charge in [0.25, 0.3) is 0 Å². The topological polar surface area (TPSA) is 75.4 Å². The molecule has 1 aliphatic carbocycles. The molecule has 0 heterocycles. The number of nitrogens with one attached hydrogen (secondary N) is 1. The van der Waals surface area contributed by atoms with Crippen LogP contribution in [-0.4, -0.2) is 23.2 Å². The molecule has 0 bridgehead atoms. The summed E-state index contributed by atoms with van der Waals surface area (Å²) >= 11 is 0. The van der Waals surface area contributed by atoms with Crippen LogP contribution in [0.15, 0.2) is 24.3 Å². The van der Waals surface area contributed by atoms with E-state index in [4.69, 9.17) is 5.73 Å². The molecule has 0 spiro atoms. The van der Waals surface area contributed by atoms with Crippen molar-refractivity contribution in [3.8, 4) is 0 Å². The average Bonchev–Trinajstić information content (AvgIpc) is 2.66. The van der Waals surface area contributed by atoms with E-state index in [1.807, 2.05) is 38.1 Å². The van der Waals surface area contributed by atoms with Gasteiger partial charge < -0.3 is 16.2 Å². The van der Waals surface area contributed by atoms with E-state index in [-0.39, 0.29) is 23.9 Å². The second-order valence-corrected chi connectivity index (χ2v) is 5.63. The molecule has 0 fully saturated rings. The van der Waals surface area contributed by atoms with Crippen LogP contribution in [0.3, 0.4) is 0 Å². The number of rotatable bonds is 4. The van der Waals surface area contributed by atoms with Gasteiger partial charge in [-0.2, -0.15) is 0 Å². The maximum absolute atomic E-state index is 12.0. The summed E-state index contributed by atoms with van der Waals surface area (Å²) in [5.41, 5.74) is 8.02. The quantitative estimate of drug-likeness (QED) is 0.761. The molecule has 4 nitrogen and oxygen atoms in total. The first kappa shape index (κ1) is 14.0. The molecule has 0 radical (unpaired) electrons. The van der Waals surface area contributed by atoms with Crippen LogP contribution in [0.5, 0.6) is 0 Å². The zero-order chi connectivity index (χ0) is 14.0. The van der Waals surface area contributed by atoms with Gasteiger partial charge in [0, 0.05) is 18.9 Å². The summed E-state index contributed by atoms with van der Waals surface area (Å²) in [7, 11) is 0. The first-order valence-electron chi connectivity index (χ1n) is 6.80. The largest absolute Gasteiger partial charge is 0.390 e. The van der Waals surface area contributed by atoms with Crippen molar-refractivity contribution in [2.24, 2.45) is 11.7 Å². The van der Waals surface area contributed by atoms with Crippen LogP contribution < -0.4 is 11.1 Å². The third-order valence-corrected chi connectivity index (χ3v) is 3.80. The Morgan fingerprint density at radius 2 is 2.16 bits per heavy atom. The Balaban J connectivity index is 2.01. The molecular weight excluding hydrogens is 240 g/mol. The Kier molecular flexibility index (Phi) is 4.22. The first-order valence-corrected chi connectivity index (χ1v) is 6.80. The summed E-state index contributed by atoms with van der Waals surface area (Å²) in [4.78, 5) is 12.0. The minimum atomic E-state index is -0.545. The van der Waals surface area contributed by atoms with Crippen molar-refractivity contribution in [1.82, 2.24) is 5.32 Å². The van der Waals surface area contributed by atoms with Gasteiger partial charge in [0.2, 0.25) is 5.91 Å². The van der Waals surface area contributed by atoms with E-state index in [1.165, 1.54) is 0 Å². The molecule has 1 aromatic carbocycles. The number of nitrogens with two attached hydrogens (primary N) is 1. The van der Waals surface area contributed by atoms with Crippen molar-refractivity contribution in [1.29, 1.82) is 0 Å². The lowest BCUT2D eigenvalue weighted by atomic mass is 10.0. The Bertz CT molecular complexity index is 459. The SMILES string of the molecule is CC(C)C(N)CC(=O)N[C@@H]1c2ccccc2C[C@@H]1O. The molecule has 0 aliphatic heterocycles.